The third kappa shape index (κ3) is 3.67. The zero-order valence-corrected chi connectivity index (χ0v) is 19.3. The number of esters is 1. The number of fused-ring (bicyclic) bond motifs is 2. The number of nitrogens with one attached hydrogen (secondary N) is 1. The fourth-order valence-corrected chi connectivity index (χ4v) is 6.23. The topological polar surface area (TPSA) is 38.3 Å². The summed E-state index contributed by atoms with van der Waals surface area (Å²) in [5.74, 6) is 1.21. The van der Waals surface area contributed by atoms with Crippen LogP contribution in [-0.4, -0.2) is 28.1 Å². The minimum absolute atomic E-state index is 0.0128. The maximum Gasteiger partial charge on any atom is 0.324 e. The Morgan fingerprint density at radius 1 is 1.18 bits per heavy atom. The lowest BCUT2D eigenvalue weighted by Crippen LogP contribution is -2.55. The van der Waals surface area contributed by atoms with Crippen LogP contribution in [0.4, 0.5) is 0 Å². The molecule has 3 aliphatic rings. The molecule has 4 heteroatoms. The fourth-order valence-electron chi connectivity index (χ4n) is 5.43. The van der Waals surface area contributed by atoms with E-state index < -0.39 is 3.42 Å². The van der Waals surface area contributed by atoms with E-state index in [9.17, 15) is 4.79 Å². The Bertz CT molecular complexity index is 746. The molecule has 1 aromatic carbocycles. The van der Waals surface area contributed by atoms with Crippen molar-refractivity contribution in [3.8, 4) is 0 Å². The van der Waals surface area contributed by atoms with E-state index in [1.54, 1.807) is 0 Å². The zero-order valence-electron chi connectivity index (χ0n) is 17.2. The van der Waals surface area contributed by atoms with E-state index >= 15 is 0 Å². The first kappa shape index (κ1) is 20.4. The lowest BCUT2D eigenvalue weighted by molar-refractivity contribution is -0.160. The van der Waals surface area contributed by atoms with Gasteiger partial charge in [-0.1, -0.05) is 92.3 Å². The number of alkyl halides is 1. The molecule has 1 heterocycles. The lowest BCUT2D eigenvalue weighted by Gasteiger charge is -2.45. The van der Waals surface area contributed by atoms with Gasteiger partial charge in [0.15, 0.2) is 0 Å². The number of allylic oxidation sites excluding steroid dienone is 1. The minimum Gasteiger partial charge on any atom is -0.461 e. The van der Waals surface area contributed by atoms with Crippen molar-refractivity contribution in [1.82, 2.24) is 5.32 Å². The number of piperidine rings is 1. The molecule has 1 aromatic rings. The van der Waals surface area contributed by atoms with Crippen LogP contribution in [0.25, 0.3) is 0 Å². The molecule has 4 rings (SSSR count). The number of carbonyl (C=O) groups excluding carboxylic acids is 1. The van der Waals surface area contributed by atoms with Crippen LogP contribution in [0.3, 0.4) is 0 Å². The second kappa shape index (κ2) is 7.75. The maximum atomic E-state index is 13.4. The van der Waals surface area contributed by atoms with Gasteiger partial charge in [-0.2, -0.15) is 0 Å². The van der Waals surface area contributed by atoms with E-state index in [0.717, 1.165) is 19.3 Å². The van der Waals surface area contributed by atoms with Gasteiger partial charge in [-0.05, 0) is 36.2 Å². The molecule has 3 nitrogen and oxygen atoms in total. The van der Waals surface area contributed by atoms with Crippen LogP contribution in [-0.2, 0) is 14.9 Å². The van der Waals surface area contributed by atoms with Crippen LogP contribution in [0.2, 0.25) is 0 Å². The molecule has 1 aliphatic heterocycles. The molecule has 2 aliphatic carbocycles. The van der Waals surface area contributed by atoms with Gasteiger partial charge >= 0.3 is 5.97 Å². The Kier molecular flexibility index (Phi) is 5.64. The molecule has 1 saturated heterocycles. The second-order valence-corrected chi connectivity index (χ2v) is 11.6. The summed E-state index contributed by atoms with van der Waals surface area (Å²) in [5, 5.41) is 3.50. The maximum absolute atomic E-state index is 13.4. The third-order valence-electron chi connectivity index (χ3n) is 7.39. The van der Waals surface area contributed by atoms with Crippen LogP contribution < -0.4 is 5.32 Å². The average molecular weight is 493 g/mol. The molecule has 2 fully saturated rings. The number of halogens is 1. The van der Waals surface area contributed by atoms with E-state index in [0.29, 0.717) is 24.4 Å². The molecule has 28 heavy (non-hydrogen) atoms. The van der Waals surface area contributed by atoms with Gasteiger partial charge in [-0.25, -0.2) is 0 Å². The number of hydrogen-bond donors (Lipinski definition) is 1. The SMILES string of the molecule is C[C@@H]1CC[C@@H](C(C)(C)c2ccccc2)[C@H](OC(=O)[C@@]2(I)CN[C@@H]3C=C[C@H]2C3)C1. The second-order valence-electron chi connectivity index (χ2n) is 9.63. The predicted molar refractivity (Wildman–Crippen MR) is 122 cm³/mol. The molecule has 152 valence electrons. The van der Waals surface area contributed by atoms with Crippen molar-refractivity contribution in [1.29, 1.82) is 0 Å². The first-order valence-corrected chi connectivity index (χ1v) is 11.8. The number of carbonyl (C=O) groups is 1. The summed E-state index contributed by atoms with van der Waals surface area (Å²) < 4.78 is 5.87. The summed E-state index contributed by atoms with van der Waals surface area (Å²) in [6, 6.07) is 11.1. The number of ether oxygens (including phenoxy) is 1. The van der Waals surface area contributed by atoms with Gasteiger partial charge in [-0.15, -0.1) is 0 Å². The molecule has 0 radical (unpaired) electrons. The molecule has 0 amide bonds. The largest absolute Gasteiger partial charge is 0.461 e. The van der Waals surface area contributed by atoms with Crippen molar-refractivity contribution < 1.29 is 9.53 Å². The zero-order chi connectivity index (χ0) is 19.9. The first-order chi connectivity index (χ1) is 13.3. The van der Waals surface area contributed by atoms with E-state index in [1.807, 2.05) is 0 Å². The van der Waals surface area contributed by atoms with Crippen molar-refractivity contribution in [3.05, 3.63) is 48.0 Å². The summed E-state index contributed by atoms with van der Waals surface area (Å²) in [6.45, 7) is 7.62. The quantitative estimate of drug-likeness (QED) is 0.277. The first-order valence-electron chi connectivity index (χ1n) is 10.7. The number of rotatable bonds is 4. The standard InChI is InChI=1S/C24H32INO2/c1-16-9-12-20(23(2,3)17-7-5-4-6-8-17)21(13-16)28-22(27)24(25)15-26-19-11-10-18(24)14-19/h4-8,10-11,16,18-21,26H,9,12-15H2,1-3H3/t16-,18+,19-,20-,21-,24-/m1/s1. The van der Waals surface area contributed by atoms with Gasteiger partial charge in [0, 0.05) is 24.4 Å². The van der Waals surface area contributed by atoms with Gasteiger partial charge in [-0.3, -0.25) is 4.79 Å². The van der Waals surface area contributed by atoms with Crippen molar-refractivity contribution in [2.75, 3.05) is 6.54 Å². The van der Waals surface area contributed by atoms with Gasteiger partial charge in [0.2, 0.25) is 0 Å². The summed E-state index contributed by atoms with van der Waals surface area (Å²) >= 11 is 2.36. The summed E-state index contributed by atoms with van der Waals surface area (Å²) in [4.78, 5) is 13.4. The normalized spacial score (nSPS) is 37.6. The van der Waals surface area contributed by atoms with E-state index in [4.69, 9.17) is 4.74 Å². The Balaban J connectivity index is 1.55. The van der Waals surface area contributed by atoms with Crippen LogP contribution in [0.15, 0.2) is 42.5 Å². The number of hydrogen-bond acceptors (Lipinski definition) is 3. The van der Waals surface area contributed by atoms with E-state index in [2.05, 4.69) is 91.2 Å². The van der Waals surface area contributed by atoms with Crippen LogP contribution in [0.5, 0.6) is 0 Å². The van der Waals surface area contributed by atoms with Gasteiger partial charge in [0.05, 0.1) is 0 Å². The Morgan fingerprint density at radius 2 is 1.93 bits per heavy atom. The van der Waals surface area contributed by atoms with Crippen LogP contribution >= 0.6 is 22.6 Å². The smallest absolute Gasteiger partial charge is 0.324 e. The van der Waals surface area contributed by atoms with Crippen LogP contribution in [0.1, 0.15) is 52.0 Å². The monoisotopic (exact) mass is 493 g/mol. The van der Waals surface area contributed by atoms with Gasteiger partial charge in [0.1, 0.15) is 9.53 Å². The summed E-state index contributed by atoms with van der Waals surface area (Å²) in [7, 11) is 0. The Labute approximate surface area is 182 Å². The van der Waals surface area contributed by atoms with E-state index in [-0.39, 0.29) is 23.4 Å². The predicted octanol–water partition coefficient (Wildman–Crippen LogP) is 5.03. The highest BCUT2D eigenvalue weighted by molar-refractivity contribution is 14.1. The molecule has 1 N–H and O–H groups in total. The Hall–Kier alpha value is -0.880. The molecule has 6 atom stereocenters. The van der Waals surface area contributed by atoms with Crippen molar-refractivity contribution >= 4 is 28.6 Å². The fraction of sp³-hybridized carbons (Fsp3) is 0.625. The highest BCUT2D eigenvalue weighted by atomic mass is 127. The van der Waals surface area contributed by atoms with Crippen molar-refractivity contribution in [2.24, 2.45) is 17.8 Å². The van der Waals surface area contributed by atoms with Crippen molar-refractivity contribution in [3.63, 3.8) is 0 Å². The molecule has 0 aromatic heterocycles. The van der Waals surface area contributed by atoms with Gasteiger partial charge < -0.3 is 10.1 Å². The van der Waals surface area contributed by atoms with Crippen LogP contribution in [0, 0.1) is 17.8 Å². The van der Waals surface area contributed by atoms with Crippen molar-refractivity contribution in [2.45, 2.75) is 67.4 Å². The molecular weight excluding hydrogens is 461 g/mol. The van der Waals surface area contributed by atoms with Gasteiger partial charge in [0.25, 0.3) is 0 Å². The summed E-state index contributed by atoms with van der Waals surface area (Å²) in [6.07, 6.45) is 8.71. The average Bonchev–Trinajstić information content (AvgIpc) is 3.10. The highest BCUT2D eigenvalue weighted by Gasteiger charge is 2.51. The number of benzene rings is 1. The highest BCUT2D eigenvalue weighted by Crippen LogP contribution is 2.46. The molecule has 2 bridgehead atoms. The summed E-state index contributed by atoms with van der Waals surface area (Å²) in [5.41, 5.74) is 1.31. The minimum atomic E-state index is -0.483. The Morgan fingerprint density at radius 3 is 2.68 bits per heavy atom. The third-order valence-corrected chi connectivity index (χ3v) is 9.01. The molecule has 0 spiro atoms. The molecule has 1 saturated carbocycles. The lowest BCUT2D eigenvalue weighted by atomic mass is 9.64. The molecule has 0 unspecified atom stereocenters. The molecular formula is C24H32INO2. The van der Waals surface area contributed by atoms with E-state index in [1.165, 1.54) is 12.0 Å².